The number of halogens is 1. The van der Waals surface area contributed by atoms with Crippen molar-refractivity contribution in [3.05, 3.63) is 59.9 Å². The smallest absolute Gasteiger partial charge is 0.227 e. The molecule has 1 N–H and O–H groups in total. The van der Waals surface area contributed by atoms with Gasteiger partial charge in [0.25, 0.3) is 0 Å². The summed E-state index contributed by atoms with van der Waals surface area (Å²) in [4.78, 5) is 28.3. The van der Waals surface area contributed by atoms with Crippen LogP contribution in [0, 0.1) is 11.7 Å². The van der Waals surface area contributed by atoms with Gasteiger partial charge in [0.2, 0.25) is 11.8 Å². The molecule has 5 nitrogen and oxygen atoms in total. The zero-order chi connectivity index (χ0) is 22.5. The summed E-state index contributed by atoms with van der Waals surface area (Å²) in [6, 6.07) is 13.1. The summed E-state index contributed by atoms with van der Waals surface area (Å²) < 4.78 is 18.9. The number of nitrogens with one attached hydrogen (secondary N) is 1. The van der Waals surface area contributed by atoms with Crippen molar-refractivity contribution in [1.29, 1.82) is 0 Å². The second kappa shape index (κ2) is 10.2. The van der Waals surface area contributed by atoms with E-state index in [4.69, 9.17) is 4.74 Å². The van der Waals surface area contributed by atoms with E-state index in [2.05, 4.69) is 5.32 Å². The second-order valence-corrected chi connectivity index (χ2v) is 8.80. The summed E-state index contributed by atoms with van der Waals surface area (Å²) in [5.74, 6) is -0.103. The summed E-state index contributed by atoms with van der Waals surface area (Å²) in [7, 11) is 1.59. The van der Waals surface area contributed by atoms with Crippen LogP contribution in [0.4, 0.5) is 10.1 Å². The first-order valence-electron chi connectivity index (χ1n) is 11.6. The molecule has 0 unspecified atom stereocenters. The fourth-order valence-electron chi connectivity index (χ4n) is 4.99. The lowest BCUT2D eigenvalue weighted by Gasteiger charge is -2.41. The predicted molar refractivity (Wildman–Crippen MR) is 122 cm³/mol. The highest BCUT2D eigenvalue weighted by molar-refractivity contribution is 5.97. The summed E-state index contributed by atoms with van der Waals surface area (Å²) in [5, 5.41) is 3.27. The Hall–Kier alpha value is -2.89. The Morgan fingerprint density at radius 3 is 2.25 bits per heavy atom. The average Bonchev–Trinajstić information content (AvgIpc) is 3.08. The van der Waals surface area contributed by atoms with Gasteiger partial charge in [0.05, 0.1) is 19.1 Å². The molecule has 0 aromatic heterocycles. The van der Waals surface area contributed by atoms with Crippen LogP contribution in [-0.2, 0) is 9.59 Å². The van der Waals surface area contributed by atoms with Gasteiger partial charge in [-0.05, 0) is 61.2 Å². The lowest BCUT2D eigenvalue weighted by Crippen LogP contribution is -2.50. The fraction of sp³-hybridized carbons (Fsp3) is 0.462. The normalized spacial score (nSPS) is 22.3. The quantitative estimate of drug-likeness (QED) is 0.656. The summed E-state index contributed by atoms with van der Waals surface area (Å²) in [6.45, 7) is 0. The molecule has 1 heterocycles. The highest BCUT2D eigenvalue weighted by atomic mass is 19.1. The van der Waals surface area contributed by atoms with E-state index in [9.17, 15) is 14.0 Å². The Morgan fingerprint density at radius 1 is 0.969 bits per heavy atom. The SMILES string of the molecule is COc1ccc(N2C(=O)CC[C@H](C(=O)NC3CCCCCC3)[C@@H]2c2ccc(F)cc2)cc1. The Labute approximate surface area is 188 Å². The van der Waals surface area contributed by atoms with Gasteiger partial charge >= 0.3 is 0 Å². The van der Waals surface area contributed by atoms with Crippen molar-refractivity contribution in [3.8, 4) is 5.75 Å². The number of hydrogen-bond acceptors (Lipinski definition) is 3. The molecule has 2 aromatic carbocycles. The van der Waals surface area contributed by atoms with E-state index in [0.29, 0.717) is 24.3 Å². The molecule has 0 bridgehead atoms. The largest absolute Gasteiger partial charge is 0.497 e. The number of ether oxygens (including phenoxy) is 1. The maximum Gasteiger partial charge on any atom is 0.227 e. The molecule has 0 radical (unpaired) electrons. The number of rotatable bonds is 5. The molecule has 1 aliphatic heterocycles. The molecule has 2 aliphatic rings. The van der Waals surface area contributed by atoms with Crippen molar-refractivity contribution in [3.63, 3.8) is 0 Å². The summed E-state index contributed by atoms with van der Waals surface area (Å²) in [5.41, 5.74) is 1.47. The lowest BCUT2D eigenvalue weighted by atomic mass is 9.83. The molecule has 1 saturated carbocycles. The number of nitrogens with zero attached hydrogens (tertiary/aromatic N) is 1. The molecule has 2 atom stereocenters. The lowest BCUT2D eigenvalue weighted by molar-refractivity contribution is -0.130. The Morgan fingerprint density at radius 2 is 1.62 bits per heavy atom. The van der Waals surface area contributed by atoms with E-state index in [1.165, 1.54) is 25.0 Å². The number of piperidine rings is 1. The third kappa shape index (κ3) is 4.95. The molecule has 2 fully saturated rings. The molecular formula is C26H31FN2O3. The Kier molecular flexibility index (Phi) is 7.08. The van der Waals surface area contributed by atoms with Gasteiger partial charge in [0.15, 0.2) is 0 Å². The molecule has 32 heavy (non-hydrogen) atoms. The van der Waals surface area contributed by atoms with Crippen LogP contribution in [0.1, 0.15) is 63.0 Å². The number of hydrogen-bond donors (Lipinski definition) is 1. The first-order valence-corrected chi connectivity index (χ1v) is 11.6. The zero-order valence-corrected chi connectivity index (χ0v) is 18.6. The molecule has 170 valence electrons. The van der Waals surface area contributed by atoms with Crippen molar-refractivity contribution in [2.24, 2.45) is 5.92 Å². The van der Waals surface area contributed by atoms with Crippen molar-refractivity contribution >= 4 is 17.5 Å². The highest BCUT2D eigenvalue weighted by Crippen LogP contribution is 2.40. The minimum absolute atomic E-state index is 0.0164. The van der Waals surface area contributed by atoms with Gasteiger partial charge in [-0.2, -0.15) is 0 Å². The average molecular weight is 439 g/mol. The molecular weight excluding hydrogens is 407 g/mol. The molecule has 0 spiro atoms. The van der Waals surface area contributed by atoms with E-state index in [1.807, 2.05) is 12.1 Å². The molecule has 2 aromatic rings. The van der Waals surface area contributed by atoms with Gasteiger partial charge in [0, 0.05) is 18.2 Å². The van der Waals surface area contributed by atoms with Gasteiger partial charge in [-0.3, -0.25) is 9.59 Å². The number of anilines is 1. The standard InChI is InChI=1S/C26H31FN2O3/c1-32-22-14-12-21(13-15-22)29-24(30)17-16-23(25(29)18-8-10-19(27)11-9-18)26(31)28-20-6-4-2-3-5-7-20/h8-15,20,23,25H,2-7,16-17H2,1H3,(H,28,31)/t23-,25-/m0/s1. The minimum atomic E-state index is -0.490. The van der Waals surface area contributed by atoms with E-state index < -0.39 is 12.0 Å². The molecule has 1 saturated heterocycles. The van der Waals surface area contributed by atoms with E-state index >= 15 is 0 Å². The number of benzene rings is 2. The minimum Gasteiger partial charge on any atom is -0.497 e. The first-order chi connectivity index (χ1) is 15.6. The van der Waals surface area contributed by atoms with Crippen LogP contribution < -0.4 is 15.0 Å². The van der Waals surface area contributed by atoms with Crippen LogP contribution in [0.3, 0.4) is 0 Å². The number of methoxy groups -OCH3 is 1. The van der Waals surface area contributed by atoms with Crippen molar-refractivity contribution in [1.82, 2.24) is 5.32 Å². The van der Waals surface area contributed by atoms with E-state index in [1.54, 1.807) is 36.3 Å². The Balaban J connectivity index is 1.66. The van der Waals surface area contributed by atoms with Crippen LogP contribution in [0.25, 0.3) is 0 Å². The van der Waals surface area contributed by atoms with E-state index in [0.717, 1.165) is 31.2 Å². The number of carbonyl (C=O) groups is 2. The van der Waals surface area contributed by atoms with Gasteiger partial charge in [-0.25, -0.2) is 4.39 Å². The van der Waals surface area contributed by atoms with Gasteiger partial charge in [-0.15, -0.1) is 0 Å². The first kappa shape index (κ1) is 22.3. The van der Waals surface area contributed by atoms with Crippen molar-refractivity contribution in [2.75, 3.05) is 12.0 Å². The molecule has 6 heteroatoms. The van der Waals surface area contributed by atoms with Crippen molar-refractivity contribution < 1.29 is 18.7 Å². The fourth-order valence-corrected chi connectivity index (χ4v) is 4.99. The number of carbonyl (C=O) groups excluding carboxylic acids is 2. The van der Waals surface area contributed by atoms with Crippen molar-refractivity contribution in [2.45, 2.75) is 63.5 Å². The third-order valence-corrected chi connectivity index (χ3v) is 6.70. The van der Waals surface area contributed by atoms with Crippen LogP contribution in [-0.4, -0.2) is 25.0 Å². The Bertz CT molecular complexity index is 921. The van der Waals surface area contributed by atoms with Gasteiger partial charge < -0.3 is 15.0 Å². The molecule has 4 rings (SSSR count). The van der Waals surface area contributed by atoms with E-state index in [-0.39, 0.29) is 23.7 Å². The topological polar surface area (TPSA) is 58.6 Å². The molecule has 2 amide bonds. The zero-order valence-electron chi connectivity index (χ0n) is 18.6. The monoisotopic (exact) mass is 438 g/mol. The summed E-state index contributed by atoms with van der Waals surface area (Å²) >= 11 is 0. The van der Waals surface area contributed by atoms with Crippen LogP contribution in [0.5, 0.6) is 5.75 Å². The van der Waals surface area contributed by atoms with Crippen LogP contribution in [0.15, 0.2) is 48.5 Å². The second-order valence-electron chi connectivity index (χ2n) is 8.80. The van der Waals surface area contributed by atoms with Crippen LogP contribution in [0.2, 0.25) is 0 Å². The summed E-state index contributed by atoms with van der Waals surface area (Å²) in [6.07, 6.45) is 7.47. The predicted octanol–water partition coefficient (Wildman–Crippen LogP) is 5.16. The van der Waals surface area contributed by atoms with Gasteiger partial charge in [-0.1, -0.05) is 37.8 Å². The third-order valence-electron chi connectivity index (χ3n) is 6.70. The number of amides is 2. The van der Waals surface area contributed by atoms with Crippen LogP contribution >= 0.6 is 0 Å². The highest BCUT2D eigenvalue weighted by Gasteiger charge is 2.41. The maximum absolute atomic E-state index is 13.7. The maximum atomic E-state index is 13.7. The molecule has 1 aliphatic carbocycles. The van der Waals surface area contributed by atoms with Gasteiger partial charge in [0.1, 0.15) is 11.6 Å².